The van der Waals surface area contributed by atoms with Crippen LogP contribution in [0.5, 0.6) is 0 Å². The van der Waals surface area contributed by atoms with Crippen molar-refractivity contribution in [3.63, 3.8) is 0 Å². The van der Waals surface area contributed by atoms with E-state index in [0.29, 0.717) is 30.2 Å². The van der Waals surface area contributed by atoms with Crippen LogP contribution in [0, 0.1) is 5.82 Å². The molecule has 5 rings (SSSR count). The van der Waals surface area contributed by atoms with Crippen LogP contribution in [0.3, 0.4) is 0 Å². The van der Waals surface area contributed by atoms with Gasteiger partial charge >= 0.3 is 6.18 Å². The number of rotatable bonds is 4. The first-order valence-corrected chi connectivity index (χ1v) is 11.0. The second-order valence-electron chi connectivity index (χ2n) is 7.96. The molecule has 0 aliphatic carbocycles. The summed E-state index contributed by atoms with van der Waals surface area (Å²) in [6.45, 7) is 0.737. The minimum Gasteiger partial charge on any atom is -0.336 e. The Hall–Kier alpha value is -3.43. The second kappa shape index (κ2) is 8.66. The molecule has 1 aliphatic heterocycles. The Morgan fingerprint density at radius 2 is 1.80 bits per heavy atom. The van der Waals surface area contributed by atoms with E-state index in [1.165, 1.54) is 22.9 Å². The lowest BCUT2D eigenvalue weighted by atomic mass is 10.0. The van der Waals surface area contributed by atoms with Crippen LogP contribution in [0.25, 0.3) is 28.3 Å². The maximum atomic E-state index is 13.8. The maximum Gasteiger partial charge on any atom is 0.416 e. The Balaban J connectivity index is 1.73. The number of halogens is 6. The average Bonchev–Trinajstić information content (AvgIpc) is 3.44. The molecule has 0 fully saturated rings. The van der Waals surface area contributed by atoms with Crippen molar-refractivity contribution in [2.45, 2.75) is 19.3 Å². The Morgan fingerprint density at radius 3 is 2.51 bits per heavy atom. The summed E-state index contributed by atoms with van der Waals surface area (Å²) in [6.07, 6.45) is -2.30. The number of aromatic nitrogens is 3. The number of carbonyl (C=O) groups excluding carboxylic acids is 1. The van der Waals surface area contributed by atoms with Crippen LogP contribution in [0.2, 0.25) is 10.0 Å². The third-order valence-electron chi connectivity index (χ3n) is 5.66. The molecule has 5 nitrogen and oxygen atoms in total. The van der Waals surface area contributed by atoms with E-state index in [4.69, 9.17) is 23.2 Å². The minimum absolute atomic E-state index is 0.110. The van der Waals surface area contributed by atoms with Gasteiger partial charge in [-0.25, -0.2) is 9.07 Å². The number of hydrogen-bond acceptors (Lipinski definition) is 3. The second-order valence-corrected chi connectivity index (χ2v) is 8.80. The summed E-state index contributed by atoms with van der Waals surface area (Å²) >= 11 is 12.0. The number of nitrogens with zero attached hydrogens (tertiary/aromatic N) is 4. The van der Waals surface area contributed by atoms with Gasteiger partial charge < -0.3 is 4.90 Å². The van der Waals surface area contributed by atoms with E-state index < -0.39 is 17.6 Å². The van der Waals surface area contributed by atoms with Gasteiger partial charge in [0, 0.05) is 35.4 Å². The van der Waals surface area contributed by atoms with E-state index in [1.807, 2.05) is 0 Å². The lowest BCUT2D eigenvalue weighted by Gasteiger charge is -2.12. The standard InChI is InChI=1S/C24H14Cl2F4N4O/c25-16-6-14(5-15(7-16)24(28,29)30)22-9-21(32-34(22)17-1-2-20(27)19(26)8-17)23-18-11-33(12-35)10-13(18)3-4-31-23/h1-9,12H,10-11H2. The van der Waals surface area contributed by atoms with E-state index in [0.717, 1.165) is 35.7 Å². The van der Waals surface area contributed by atoms with E-state index in [-0.39, 0.29) is 21.3 Å². The van der Waals surface area contributed by atoms with Gasteiger partial charge in [-0.1, -0.05) is 23.2 Å². The van der Waals surface area contributed by atoms with Crippen molar-refractivity contribution in [2.75, 3.05) is 0 Å². The van der Waals surface area contributed by atoms with Crippen molar-refractivity contribution < 1.29 is 22.4 Å². The van der Waals surface area contributed by atoms with Crippen LogP contribution in [-0.4, -0.2) is 26.1 Å². The zero-order valence-corrected chi connectivity index (χ0v) is 19.2. The highest BCUT2D eigenvalue weighted by Crippen LogP contribution is 2.38. The molecule has 0 saturated heterocycles. The molecule has 0 saturated carbocycles. The Bertz CT molecular complexity index is 1470. The summed E-state index contributed by atoms with van der Waals surface area (Å²) in [5, 5.41) is 4.31. The molecule has 0 atom stereocenters. The molecule has 178 valence electrons. The molecule has 3 heterocycles. The average molecular weight is 521 g/mol. The SMILES string of the molecule is O=CN1Cc2ccnc(-c3cc(-c4cc(Cl)cc(C(F)(F)F)c4)n(-c4ccc(F)c(Cl)c4)n3)c2C1. The molecule has 0 radical (unpaired) electrons. The summed E-state index contributed by atoms with van der Waals surface area (Å²) in [5.74, 6) is -0.650. The molecule has 0 spiro atoms. The largest absolute Gasteiger partial charge is 0.416 e. The molecule has 1 aliphatic rings. The lowest BCUT2D eigenvalue weighted by Crippen LogP contribution is -2.12. The van der Waals surface area contributed by atoms with Crippen LogP contribution >= 0.6 is 23.2 Å². The van der Waals surface area contributed by atoms with Gasteiger partial charge in [-0.15, -0.1) is 0 Å². The fraction of sp³-hybridized carbons (Fsp3) is 0.125. The summed E-state index contributed by atoms with van der Waals surface area (Å²) in [5.41, 5.74) is 2.34. The van der Waals surface area contributed by atoms with Crippen molar-refractivity contribution >= 4 is 29.6 Å². The third kappa shape index (κ3) is 4.37. The number of carbonyl (C=O) groups is 1. The first-order chi connectivity index (χ1) is 16.6. The van der Waals surface area contributed by atoms with E-state index >= 15 is 0 Å². The van der Waals surface area contributed by atoms with Crippen LogP contribution in [-0.2, 0) is 24.1 Å². The predicted molar refractivity (Wildman–Crippen MR) is 123 cm³/mol. The van der Waals surface area contributed by atoms with Crippen molar-refractivity contribution in [1.82, 2.24) is 19.7 Å². The quantitative estimate of drug-likeness (QED) is 0.227. The lowest BCUT2D eigenvalue weighted by molar-refractivity contribution is -0.137. The first-order valence-electron chi connectivity index (χ1n) is 10.2. The fourth-order valence-corrected chi connectivity index (χ4v) is 4.46. The molecule has 0 N–H and O–H groups in total. The number of pyridine rings is 1. The maximum absolute atomic E-state index is 13.8. The Kier molecular flexibility index (Phi) is 5.77. The normalized spacial score (nSPS) is 13.3. The van der Waals surface area contributed by atoms with Gasteiger partial charge in [-0.2, -0.15) is 18.3 Å². The van der Waals surface area contributed by atoms with Gasteiger partial charge in [0.05, 0.1) is 27.7 Å². The highest BCUT2D eigenvalue weighted by Gasteiger charge is 2.32. The van der Waals surface area contributed by atoms with E-state index in [1.54, 1.807) is 23.2 Å². The highest BCUT2D eigenvalue weighted by molar-refractivity contribution is 6.31. The fourth-order valence-electron chi connectivity index (χ4n) is 4.05. The number of alkyl halides is 3. The monoisotopic (exact) mass is 520 g/mol. The zero-order chi connectivity index (χ0) is 24.9. The molecule has 0 bridgehead atoms. The molecule has 4 aromatic rings. The van der Waals surface area contributed by atoms with Crippen molar-refractivity contribution in [1.29, 1.82) is 0 Å². The van der Waals surface area contributed by atoms with Gasteiger partial charge in [0.25, 0.3) is 0 Å². The Labute approximate surface area is 206 Å². The van der Waals surface area contributed by atoms with Crippen LogP contribution in [0.1, 0.15) is 16.7 Å². The highest BCUT2D eigenvalue weighted by atomic mass is 35.5. The molecular formula is C24H14Cl2F4N4O. The number of amides is 1. The van der Waals surface area contributed by atoms with E-state index in [2.05, 4.69) is 10.1 Å². The van der Waals surface area contributed by atoms with Crippen LogP contribution in [0.4, 0.5) is 17.6 Å². The molecular weight excluding hydrogens is 507 g/mol. The molecule has 35 heavy (non-hydrogen) atoms. The topological polar surface area (TPSA) is 51.0 Å². The van der Waals surface area contributed by atoms with Crippen molar-refractivity contribution in [3.05, 3.63) is 87.3 Å². The molecule has 2 aromatic carbocycles. The smallest absolute Gasteiger partial charge is 0.336 e. The van der Waals surface area contributed by atoms with Gasteiger partial charge in [0.1, 0.15) is 11.5 Å². The number of fused-ring (bicyclic) bond motifs is 1. The van der Waals surface area contributed by atoms with Gasteiger partial charge in [-0.05, 0) is 54.1 Å². The minimum atomic E-state index is -4.62. The summed E-state index contributed by atoms with van der Waals surface area (Å²) in [7, 11) is 0. The Morgan fingerprint density at radius 1 is 1.00 bits per heavy atom. The molecule has 0 unspecified atom stereocenters. The predicted octanol–water partition coefficient (Wildman–Crippen LogP) is 6.54. The molecule has 11 heteroatoms. The van der Waals surface area contributed by atoms with Gasteiger partial charge in [-0.3, -0.25) is 9.78 Å². The zero-order valence-electron chi connectivity index (χ0n) is 17.7. The van der Waals surface area contributed by atoms with Gasteiger partial charge in [0.15, 0.2) is 0 Å². The van der Waals surface area contributed by atoms with Crippen LogP contribution in [0.15, 0.2) is 54.7 Å². The molecule has 1 amide bonds. The third-order valence-corrected chi connectivity index (χ3v) is 6.17. The number of benzene rings is 2. The summed E-state index contributed by atoms with van der Waals surface area (Å²) in [6, 6.07) is 10.4. The first kappa shape index (κ1) is 23.3. The molecule has 2 aromatic heterocycles. The number of hydrogen-bond donors (Lipinski definition) is 0. The van der Waals surface area contributed by atoms with Crippen molar-refractivity contribution in [3.8, 4) is 28.3 Å². The van der Waals surface area contributed by atoms with Crippen LogP contribution < -0.4 is 0 Å². The summed E-state index contributed by atoms with van der Waals surface area (Å²) < 4.78 is 55.7. The van der Waals surface area contributed by atoms with Gasteiger partial charge in [0.2, 0.25) is 6.41 Å². The van der Waals surface area contributed by atoms with E-state index in [9.17, 15) is 22.4 Å². The van der Waals surface area contributed by atoms with Crippen molar-refractivity contribution in [2.24, 2.45) is 0 Å². The summed E-state index contributed by atoms with van der Waals surface area (Å²) in [4.78, 5) is 17.3.